The summed E-state index contributed by atoms with van der Waals surface area (Å²) in [6.07, 6.45) is 7.91. The minimum Gasteiger partial charge on any atom is -0.376 e. The van der Waals surface area contributed by atoms with Crippen LogP contribution in [0.2, 0.25) is 0 Å². The molecule has 0 aromatic carbocycles. The molecule has 1 aliphatic rings. The quantitative estimate of drug-likeness (QED) is 0.604. The van der Waals surface area contributed by atoms with E-state index in [2.05, 4.69) is 21.8 Å². The van der Waals surface area contributed by atoms with Crippen LogP contribution in [-0.2, 0) is 34.2 Å². The molecule has 3 heterocycles. The van der Waals surface area contributed by atoms with Gasteiger partial charge in [-0.05, 0) is 43.5 Å². The lowest BCUT2D eigenvalue weighted by Gasteiger charge is -2.22. The number of aromatic nitrogens is 3. The van der Waals surface area contributed by atoms with Crippen LogP contribution in [0.15, 0.2) is 35.9 Å². The summed E-state index contributed by atoms with van der Waals surface area (Å²) in [6, 6.07) is 4.01. The summed E-state index contributed by atoms with van der Waals surface area (Å²) in [5.41, 5.74) is 2.10. The third-order valence-corrected chi connectivity index (χ3v) is 6.88. The van der Waals surface area contributed by atoms with E-state index in [-0.39, 0.29) is 17.0 Å². The number of ether oxygens (including phenoxy) is 1. The first kappa shape index (κ1) is 21.0. The summed E-state index contributed by atoms with van der Waals surface area (Å²) < 4.78 is 33.1. The van der Waals surface area contributed by atoms with Gasteiger partial charge in [-0.2, -0.15) is 0 Å². The molecule has 0 bridgehead atoms. The summed E-state index contributed by atoms with van der Waals surface area (Å²) in [6.45, 7) is 7.54. The van der Waals surface area contributed by atoms with Crippen molar-refractivity contribution in [1.82, 2.24) is 19.4 Å². The molecule has 0 amide bonds. The molecule has 8 heteroatoms. The minimum absolute atomic E-state index is 0.0544. The number of sulfone groups is 1. The molecule has 2 aromatic rings. The maximum absolute atomic E-state index is 12.7. The topological polar surface area (TPSA) is 77.3 Å². The summed E-state index contributed by atoms with van der Waals surface area (Å²) >= 11 is 0. The van der Waals surface area contributed by atoms with Crippen LogP contribution < -0.4 is 0 Å². The van der Waals surface area contributed by atoms with Crippen molar-refractivity contribution < 1.29 is 13.2 Å². The van der Waals surface area contributed by atoms with Gasteiger partial charge in [0.2, 0.25) is 15.0 Å². The van der Waals surface area contributed by atoms with Crippen LogP contribution in [0.4, 0.5) is 0 Å². The Morgan fingerprint density at radius 3 is 2.68 bits per heavy atom. The highest BCUT2D eigenvalue weighted by Gasteiger charge is 2.26. The molecule has 2 aromatic heterocycles. The molecule has 1 unspecified atom stereocenters. The fourth-order valence-electron chi connectivity index (χ4n) is 3.57. The van der Waals surface area contributed by atoms with Gasteiger partial charge in [-0.25, -0.2) is 13.4 Å². The number of hydrogen-bond acceptors (Lipinski definition) is 6. The Morgan fingerprint density at radius 1 is 1.25 bits per heavy atom. The Hall–Kier alpha value is -1.77. The zero-order valence-corrected chi connectivity index (χ0v) is 17.6. The number of rotatable bonds is 10. The van der Waals surface area contributed by atoms with Crippen molar-refractivity contribution in [3.05, 3.63) is 42.0 Å². The van der Waals surface area contributed by atoms with Gasteiger partial charge in [0.1, 0.15) is 0 Å². The van der Waals surface area contributed by atoms with Crippen molar-refractivity contribution in [3.63, 3.8) is 0 Å². The molecule has 28 heavy (non-hydrogen) atoms. The largest absolute Gasteiger partial charge is 0.376 e. The summed E-state index contributed by atoms with van der Waals surface area (Å²) in [4.78, 5) is 10.7. The molecule has 0 aliphatic carbocycles. The Bertz CT molecular complexity index is 846. The van der Waals surface area contributed by atoms with Crippen LogP contribution in [0.1, 0.15) is 44.4 Å². The molecule has 0 saturated carbocycles. The molecule has 154 valence electrons. The van der Waals surface area contributed by atoms with Gasteiger partial charge in [-0.15, -0.1) is 0 Å². The zero-order chi connectivity index (χ0) is 20.0. The van der Waals surface area contributed by atoms with Crippen LogP contribution in [-0.4, -0.2) is 52.9 Å². The molecule has 1 aliphatic heterocycles. The van der Waals surface area contributed by atoms with Crippen LogP contribution in [0.25, 0.3) is 0 Å². The van der Waals surface area contributed by atoms with Gasteiger partial charge in [-0.3, -0.25) is 9.88 Å². The van der Waals surface area contributed by atoms with Gasteiger partial charge in [0.25, 0.3) is 0 Å². The Labute approximate surface area is 167 Å². The minimum atomic E-state index is -3.39. The van der Waals surface area contributed by atoms with E-state index < -0.39 is 9.84 Å². The summed E-state index contributed by atoms with van der Waals surface area (Å²) in [7, 11) is -3.39. The molecule has 1 atom stereocenters. The van der Waals surface area contributed by atoms with Crippen LogP contribution >= 0.6 is 0 Å². The summed E-state index contributed by atoms with van der Waals surface area (Å²) in [5.74, 6) is 0.115. The number of nitrogens with zero attached hydrogens (tertiary/aromatic N) is 4. The third kappa shape index (κ3) is 5.18. The standard InChI is InChI=1S/C20H30N4O3S/c1-3-12-28(25,26)20-22-13-18(24(20)16-19-6-5-11-27-19)15-23(4-2)14-17-7-9-21-10-8-17/h7-10,13,19H,3-6,11-12,14-16H2,1-2H3. The van der Waals surface area contributed by atoms with E-state index in [0.29, 0.717) is 19.5 Å². The molecule has 1 saturated heterocycles. The monoisotopic (exact) mass is 406 g/mol. The van der Waals surface area contributed by atoms with E-state index >= 15 is 0 Å². The fraction of sp³-hybridized carbons (Fsp3) is 0.600. The van der Waals surface area contributed by atoms with E-state index in [1.165, 1.54) is 5.56 Å². The zero-order valence-electron chi connectivity index (χ0n) is 16.7. The smallest absolute Gasteiger partial charge is 0.227 e. The van der Waals surface area contributed by atoms with E-state index in [4.69, 9.17) is 4.74 Å². The van der Waals surface area contributed by atoms with Gasteiger partial charge in [0.15, 0.2) is 0 Å². The van der Waals surface area contributed by atoms with Crippen molar-refractivity contribution in [2.45, 2.75) is 64.0 Å². The lowest BCUT2D eigenvalue weighted by Crippen LogP contribution is -2.27. The first-order valence-electron chi connectivity index (χ1n) is 10.0. The normalized spacial score (nSPS) is 17.5. The van der Waals surface area contributed by atoms with Crippen LogP contribution in [0.5, 0.6) is 0 Å². The first-order chi connectivity index (χ1) is 13.5. The van der Waals surface area contributed by atoms with Gasteiger partial charge < -0.3 is 9.30 Å². The number of imidazole rings is 1. The number of hydrogen-bond donors (Lipinski definition) is 0. The second-order valence-electron chi connectivity index (χ2n) is 7.26. The highest BCUT2D eigenvalue weighted by Crippen LogP contribution is 2.21. The Morgan fingerprint density at radius 2 is 2.04 bits per heavy atom. The van der Waals surface area contributed by atoms with Gasteiger partial charge in [0, 0.05) is 32.1 Å². The molecular formula is C20H30N4O3S. The molecule has 0 N–H and O–H groups in total. The van der Waals surface area contributed by atoms with Crippen LogP contribution in [0.3, 0.4) is 0 Å². The molecular weight excluding hydrogens is 376 g/mol. The van der Waals surface area contributed by atoms with Crippen molar-refractivity contribution in [2.75, 3.05) is 18.9 Å². The highest BCUT2D eigenvalue weighted by molar-refractivity contribution is 7.91. The van der Waals surface area contributed by atoms with E-state index in [0.717, 1.165) is 38.2 Å². The molecule has 3 rings (SSSR count). The second-order valence-corrected chi connectivity index (χ2v) is 9.26. The SMILES string of the molecule is CCCS(=O)(=O)c1ncc(CN(CC)Cc2ccncc2)n1CC1CCCO1. The van der Waals surface area contributed by atoms with Gasteiger partial charge >= 0.3 is 0 Å². The highest BCUT2D eigenvalue weighted by atomic mass is 32.2. The molecule has 0 spiro atoms. The maximum Gasteiger partial charge on any atom is 0.227 e. The Balaban J connectivity index is 1.85. The van der Waals surface area contributed by atoms with Crippen molar-refractivity contribution >= 4 is 9.84 Å². The van der Waals surface area contributed by atoms with Crippen molar-refractivity contribution in [2.24, 2.45) is 0 Å². The summed E-state index contributed by atoms with van der Waals surface area (Å²) in [5, 5.41) is 0.180. The van der Waals surface area contributed by atoms with Crippen molar-refractivity contribution in [1.29, 1.82) is 0 Å². The lowest BCUT2D eigenvalue weighted by molar-refractivity contribution is 0.0932. The molecule has 1 fully saturated rings. The predicted molar refractivity (Wildman–Crippen MR) is 108 cm³/mol. The molecule has 7 nitrogen and oxygen atoms in total. The van der Waals surface area contributed by atoms with E-state index in [1.54, 1.807) is 18.6 Å². The van der Waals surface area contributed by atoms with Crippen molar-refractivity contribution in [3.8, 4) is 0 Å². The first-order valence-corrected chi connectivity index (χ1v) is 11.7. The number of pyridine rings is 1. The Kier molecular flexibility index (Phi) is 7.20. The van der Waals surface area contributed by atoms with Crippen LogP contribution in [0, 0.1) is 0 Å². The van der Waals surface area contributed by atoms with Gasteiger partial charge in [-0.1, -0.05) is 13.8 Å². The maximum atomic E-state index is 12.7. The van der Waals surface area contributed by atoms with Gasteiger partial charge in [0.05, 0.1) is 30.3 Å². The molecule has 0 radical (unpaired) electrons. The van der Waals surface area contributed by atoms with E-state index in [1.807, 2.05) is 23.6 Å². The third-order valence-electron chi connectivity index (χ3n) is 5.05. The second kappa shape index (κ2) is 9.62. The van der Waals surface area contributed by atoms with E-state index in [9.17, 15) is 8.42 Å². The predicted octanol–water partition coefficient (Wildman–Crippen LogP) is 2.66. The lowest BCUT2D eigenvalue weighted by atomic mass is 10.2. The average molecular weight is 407 g/mol. The average Bonchev–Trinajstić information content (AvgIpc) is 3.33. The fourth-order valence-corrected chi connectivity index (χ4v) is 5.03.